The second-order valence-corrected chi connectivity index (χ2v) is 6.49. The van der Waals surface area contributed by atoms with Gasteiger partial charge in [0.05, 0.1) is 10.0 Å². The maximum Gasteiger partial charge on any atom is 0.224 e. The Bertz CT molecular complexity index is 518. The topological polar surface area (TPSA) is 41.1 Å². The van der Waals surface area contributed by atoms with Crippen molar-refractivity contribution in [3.05, 3.63) is 33.8 Å². The Hall–Kier alpha value is -0.480. The number of carbonyl (C=O) groups is 1. The molecule has 2 fully saturated rings. The van der Waals surface area contributed by atoms with Gasteiger partial charge >= 0.3 is 0 Å². The summed E-state index contributed by atoms with van der Waals surface area (Å²) < 4.78 is 0. The summed E-state index contributed by atoms with van der Waals surface area (Å²) in [5.74, 6) is 0.560. The molecule has 2 N–H and O–H groups in total. The van der Waals surface area contributed by atoms with Gasteiger partial charge in [-0.2, -0.15) is 0 Å². The monoisotopic (exact) mass is 348 g/mol. The van der Waals surface area contributed by atoms with Gasteiger partial charge in [0.2, 0.25) is 5.91 Å². The van der Waals surface area contributed by atoms with Crippen LogP contribution in [0.1, 0.15) is 30.7 Å². The summed E-state index contributed by atoms with van der Waals surface area (Å²) in [5.41, 5.74) is 1.11. The van der Waals surface area contributed by atoms with Gasteiger partial charge in [0, 0.05) is 18.5 Å². The van der Waals surface area contributed by atoms with Gasteiger partial charge < -0.3 is 10.6 Å². The molecule has 3 unspecified atom stereocenters. The second-order valence-electron chi connectivity index (χ2n) is 5.67. The number of piperidine rings is 1. The first kappa shape index (κ1) is 16.9. The van der Waals surface area contributed by atoms with Crippen molar-refractivity contribution in [1.82, 2.24) is 10.6 Å². The molecule has 0 radical (unpaired) electrons. The highest BCUT2D eigenvalue weighted by atomic mass is 35.5. The van der Waals surface area contributed by atoms with Crippen molar-refractivity contribution in [2.24, 2.45) is 5.92 Å². The summed E-state index contributed by atoms with van der Waals surface area (Å²) in [6, 6.07) is 5.93. The first-order valence-corrected chi connectivity index (χ1v) is 7.87. The number of nitrogens with one attached hydrogen (secondary N) is 2. The molecule has 1 aliphatic heterocycles. The standard InChI is InChI=1S/C15H18Cl2N2O.ClH/c16-13-4-3-9(6-14(13)17)11-7-12(11)15(20)19-10-2-1-5-18-8-10;/h3-4,6,10-12,18H,1-2,5,7-8H2,(H,19,20);1H. The van der Waals surface area contributed by atoms with Crippen LogP contribution in [-0.2, 0) is 4.79 Å². The average Bonchev–Trinajstić information content (AvgIpc) is 3.23. The third kappa shape index (κ3) is 4.04. The number of rotatable bonds is 3. The van der Waals surface area contributed by atoms with E-state index in [9.17, 15) is 4.79 Å². The number of hydrogen-bond donors (Lipinski definition) is 2. The predicted octanol–water partition coefficient (Wildman–Crippen LogP) is 3.39. The van der Waals surface area contributed by atoms with Gasteiger partial charge in [-0.25, -0.2) is 0 Å². The van der Waals surface area contributed by atoms with E-state index in [1.807, 2.05) is 12.1 Å². The highest BCUT2D eigenvalue weighted by molar-refractivity contribution is 6.42. The summed E-state index contributed by atoms with van der Waals surface area (Å²) in [7, 11) is 0. The van der Waals surface area contributed by atoms with Gasteiger partial charge in [-0.1, -0.05) is 29.3 Å². The van der Waals surface area contributed by atoms with E-state index >= 15 is 0 Å². The first-order valence-electron chi connectivity index (χ1n) is 7.11. The molecule has 0 spiro atoms. The number of carbonyl (C=O) groups excluding carboxylic acids is 1. The van der Waals surface area contributed by atoms with E-state index in [0.717, 1.165) is 37.9 Å². The van der Waals surface area contributed by atoms with Gasteiger partial charge in [-0.05, 0) is 49.4 Å². The van der Waals surface area contributed by atoms with Crippen LogP contribution < -0.4 is 10.6 Å². The Morgan fingerprint density at radius 2 is 2.10 bits per heavy atom. The van der Waals surface area contributed by atoms with E-state index < -0.39 is 0 Å². The summed E-state index contributed by atoms with van der Waals surface area (Å²) in [6.07, 6.45) is 3.11. The second kappa shape index (κ2) is 7.19. The maximum absolute atomic E-state index is 12.2. The van der Waals surface area contributed by atoms with E-state index in [1.54, 1.807) is 6.07 Å². The zero-order chi connectivity index (χ0) is 14.1. The van der Waals surface area contributed by atoms with Crippen molar-refractivity contribution in [2.75, 3.05) is 13.1 Å². The maximum atomic E-state index is 12.2. The van der Waals surface area contributed by atoms with Crippen LogP contribution in [0.4, 0.5) is 0 Å². The Labute approximate surface area is 141 Å². The zero-order valence-electron chi connectivity index (χ0n) is 11.6. The molecule has 1 amide bonds. The largest absolute Gasteiger partial charge is 0.352 e. The van der Waals surface area contributed by atoms with Crippen LogP contribution in [0.2, 0.25) is 10.0 Å². The molecule has 6 heteroatoms. The van der Waals surface area contributed by atoms with Crippen LogP contribution in [0.3, 0.4) is 0 Å². The highest BCUT2D eigenvalue weighted by Gasteiger charge is 2.44. The Kier molecular flexibility index (Phi) is 5.78. The average molecular weight is 350 g/mol. The predicted molar refractivity (Wildman–Crippen MR) is 88.6 cm³/mol. The van der Waals surface area contributed by atoms with E-state index in [2.05, 4.69) is 10.6 Å². The smallest absolute Gasteiger partial charge is 0.224 e. The van der Waals surface area contributed by atoms with Crippen LogP contribution in [0.15, 0.2) is 18.2 Å². The van der Waals surface area contributed by atoms with E-state index in [-0.39, 0.29) is 30.3 Å². The van der Waals surface area contributed by atoms with Crippen molar-refractivity contribution in [1.29, 1.82) is 0 Å². The van der Waals surface area contributed by atoms with Crippen LogP contribution >= 0.6 is 35.6 Å². The Morgan fingerprint density at radius 1 is 1.29 bits per heavy atom. The normalized spacial score (nSPS) is 27.6. The zero-order valence-corrected chi connectivity index (χ0v) is 13.9. The minimum absolute atomic E-state index is 0. The highest BCUT2D eigenvalue weighted by Crippen LogP contribution is 2.48. The molecule has 1 aliphatic carbocycles. The van der Waals surface area contributed by atoms with Crippen LogP contribution in [-0.4, -0.2) is 25.0 Å². The van der Waals surface area contributed by atoms with Gasteiger partial charge in [-0.3, -0.25) is 4.79 Å². The Morgan fingerprint density at radius 3 is 2.76 bits per heavy atom. The van der Waals surface area contributed by atoms with Crippen LogP contribution in [0, 0.1) is 5.92 Å². The van der Waals surface area contributed by atoms with E-state index in [4.69, 9.17) is 23.2 Å². The minimum atomic E-state index is 0. The van der Waals surface area contributed by atoms with Crippen LogP contribution in [0.25, 0.3) is 0 Å². The molecule has 1 aromatic rings. The summed E-state index contributed by atoms with van der Waals surface area (Å²) in [4.78, 5) is 12.2. The van der Waals surface area contributed by atoms with Gasteiger partial charge in [-0.15, -0.1) is 12.4 Å². The molecule has 0 aromatic heterocycles. The lowest BCUT2D eigenvalue weighted by Gasteiger charge is -2.23. The van der Waals surface area contributed by atoms with E-state index in [1.165, 1.54) is 0 Å². The van der Waals surface area contributed by atoms with Crippen molar-refractivity contribution >= 4 is 41.5 Å². The third-order valence-corrected chi connectivity index (χ3v) is 4.88. The first-order chi connectivity index (χ1) is 9.65. The lowest BCUT2D eigenvalue weighted by Crippen LogP contribution is -2.46. The minimum Gasteiger partial charge on any atom is -0.352 e. The molecule has 2 aliphatic rings. The van der Waals surface area contributed by atoms with Gasteiger partial charge in [0.1, 0.15) is 0 Å². The van der Waals surface area contributed by atoms with Crippen LogP contribution in [0.5, 0.6) is 0 Å². The molecule has 1 saturated heterocycles. The molecule has 3 nitrogen and oxygen atoms in total. The molecule has 1 aromatic carbocycles. The number of halogens is 3. The lowest BCUT2D eigenvalue weighted by atomic mass is 10.1. The molecule has 0 bridgehead atoms. The molecule has 1 heterocycles. The molecule has 116 valence electrons. The summed E-state index contributed by atoms with van der Waals surface area (Å²) in [6.45, 7) is 1.94. The van der Waals surface area contributed by atoms with Gasteiger partial charge in [0.15, 0.2) is 0 Å². The third-order valence-electron chi connectivity index (χ3n) is 4.14. The molecular formula is C15H19Cl3N2O. The molecular weight excluding hydrogens is 331 g/mol. The Balaban J connectivity index is 0.00000161. The molecule has 3 atom stereocenters. The van der Waals surface area contributed by atoms with E-state index in [0.29, 0.717) is 16.0 Å². The van der Waals surface area contributed by atoms with Crippen molar-refractivity contribution in [2.45, 2.75) is 31.2 Å². The fourth-order valence-corrected chi connectivity index (χ4v) is 3.19. The number of hydrogen-bond acceptors (Lipinski definition) is 2. The SMILES string of the molecule is Cl.O=C(NC1CCCNC1)C1CC1c1ccc(Cl)c(Cl)c1. The lowest BCUT2D eigenvalue weighted by molar-refractivity contribution is -0.123. The molecule has 21 heavy (non-hydrogen) atoms. The molecule has 3 rings (SSSR count). The van der Waals surface area contributed by atoms with Gasteiger partial charge in [0.25, 0.3) is 0 Å². The van der Waals surface area contributed by atoms with Crippen molar-refractivity contribution in [3.8, 4) is 0 Å². The van der Waals surface area contributed by atoms with Crippen molar-refractivity contribution in [3.63, 3.8) is 0 Å². The number of benzene rings is 1. The summed E-state index contributed by atoms with van der Waals surface area (Å²) in [5, 5.41) is 7.58. The molecule has 1 saturated carbocycles. The summed E-state index contributed by atoms with van der Waals surface area (Å²) >= 11 is 11.9. The quantitative estimate of drug-likeness (QED) is 0.878. The number of amides is 1. The fraction of sp³-hybridized carbons (Fsp3) is 0.533. The fourth-order valence-electron chi connectivity index (χ4n) is 2.88. The van der Waals surface area contributed by atoms with Crippen molar-refractivity contribution < 1.29 is 4.79 Å².